The van der Waals surface area contributed by atoms with Crippen LogP contribution in [0.1, 0.15) is 11.3 Å². The van der Waals surface area contributed by atoms with E-state index in [0.29, 0.717) is 5.84 Å². The Morgan fingerprint density at radius 1 is 1.21 bits per heavy atom. The molecule has 140 valence electrons. The number of fused-ring (bicyclic) bond motifs is 1. The first-order chi connectivity index (χ1) is 13.7. The lowest BCUT2D eigenvalue weighted by molar-refractivity contribution is 0.935. The number of nitrogens with zero attached hydrogens (tertiary/aromatic N) is 3. The van der Waals surface area contributed by atoms with Gasteiger partial charge in [-0.1, -0.05) is 66.9 Å². The monoisotopic (exact) mass is 387 g/mol. The van der Waals surface area contributed by atoms with Gasteiger partial charge in [-0.2, -0.15) is 0 Å². The minimum absolute atomic E-state index is 0.424. The molecule has 3 N–H and O–H groups in total. The lowest BCUT2D eigenvalue weighted by Gasteiger charge is -2.07. The average molecular weight is 388 g/mol. The third-order valence-electron chi connectivity index (χ3n) is 4.54. The molecule has 2 aromatic heterocycles. The number of nitrogens with two attached hydrogens (primary N) is 1. The van der Waals surface area contributed by atoms with Crippen molar-refractivity contribution >= 4 is 34.7 Å². The minimum atomic E-state index is 0.424. The zero-order valence-corrected chi connectivity index (χ0v) is 16.4. The Morgan fingerprint density at radius 2 is 1.96 bits per heavy atom. The molecule has 2 aromatic carbocycles. The van der Waals surface area contributed by atoms with Crippen LogP contribution < -0.4 is 5.73 Å². The highest BCUT2D eigenvalue weighted by Crippen LogP contribution is 2.32. The molecule has 0 saturated carbocycles. The second-order valence-electron chi connectivity index (χ2n) is 6.30. The van der Waals surface area contributed by atoms with Gasteiger partial charge in [0.2, 0.25) is 0 Å². The summed E-state index contributed by atoms with van der Waals surface area (Å²) in [7, 11) is 1.68. The topological polar surface area (TPSA) is 72.0 Å². The molecule has 0 unspecified atom stereocenters. The molecule has 0 spiro atoms. The number of H-pyrrole nitrogens is 1. The number of aliphatic imine (C=N–C) groups is 1. The van der Waals surface area contributed by atoms with Gasteiger partial charge in [-0.3, -0.25) is 9.56 Å². The Kier molecular flexibility index (Phi) is 5.04. The van der Waals surface area contributed by atoms with Crippen molar-refractivity contribution in [1.29, 1.82) is 0 Å². The molecule has 0 atom stereocenters. The Bertz CT molecular complexity index is 1120. The van der Waals surface area contributed by atoms with Gasteiger partial charge in [-0.05, 0) is 17.7 Å². The number of aromatic amines is 1. The van der Waals surface area contributed by atoms with E-state index in [9.17, 15) is 0 Å². The molecule has 5 nitrogen and oxygen atoms in total. The van der Waals surface area contributed by atoms with Gasteiger partial charge >= 0.3 is 0 Å². The highest BCUT2D eigenvalue weighted by atomic mass is 32.2. The van der Waals surface area contributed by atoms with Crippen LogP contribution in [-0.4, -0.2) is 27.4 Å². The summed E-state index contributed by atoms with van der Waals surface area (Å²) in [5.41, 5.74) is 11.0. The number of aromatic nitrogens is 3. The predicted octanol–water partition coefficient (Wildman–Crippen LogP) is 4.76. The molecule has 2 heterocycles. The van der Waals surface area contributed by atoms with Crippen molar-refractivity contribution in [2.45, 2.75) is 10.9 Å². The van der Waals surface area contributed by atoms with E-state index in [-0.39, 0.29) is 0 Å². The van der Waals surface area contributed by atoms with Crippen LogP contribution in [0, 0.1) is 0 Å². The highest BCUT2D eigenvalue weighted by Gasteiger charge is 2.21. The molecule has 0 bridgehead atoms. The first kappa shape index (κ1) is 18.1. The number of hydrogen-bond acceptors (Lipinski definition) is 3. The highest BCUT2D eigenvalue weighted by molar-refractivity contribution is 7.98. The zero-order chi connectivity index (χ0) is 19.5. The summed E-state index contributed by atoms with van der Waals surface area (Å²) >= 11 is 1.65. The Balaban J connectivity index is 1.80. The third kappa shape index (κ3) is 3.34. The van der Waals surface area contributed by atoms with Crippen LogP contribution in [0.15, 0.2) is 77.4 Å². The number of imidazole rings is 1. The average Bonchev–Trinajstić information content (AvgIpc) is 3.33. The van der Waals surface area contributed by atoms with Crippen LogP contribution in [0.5, 0.6) is 0 Å². The van der Waals surface area contributed by atoms with Crippen LogP contribution in [0.4, 0.5) is 0 Å². The van der Waals surface area contributed by atoms with E-state index in [2.05, 4.69) is 40.8 Å². The molecule has 0 aliphatic heterocycles. The number of benzene rings is 2. The predicted molar refractivity (Wildman–Crippen MR) is 119 cm³/mol. The number of nitrogens with one attached hydrogen (secondary N) is 1. The van der Waals surface area contributed by atoms with E-state index in [1.807, 2.05) is 41.0 Å². The second-order valence-corrected chi connectivity index (χ2v) is 7.24. The van der Waals surface area contributed by atoms with Gasteiger partial charge < -0.3 is 10.7 Å². The van der Waals surface area contributed by atoms with E-state index < -0.39 is 0 Å². The van der Waals surface area contributed by atoms with Crippen molar-refractivity contribution in [3.63, 3.8) is 0 Å². The van der Waals surface area contributed by atoms with Gasteiger partial charge in [0.1, 0.15) is 17.2 Å². The molecule has 0 aliphatic rings. The maximum atomic E-state index is 6.24. The normalized spacial score (nSPS) is 11.8. The minimum Gasteiger partial charge on any atom is -0.382 e. The summed E-state index contributed by atoms with van der Waals surface area (Å²) < 4.78 is 1.91. The van der Waals surface area contributed by atoms with Crippen LogP contribution in [0.2, 0.25) is 0 Å². The van der Waals surface area contributed by atoms with Crippen molar-refractivity contribution in [3.05, 3.63) is 78.5 Å². The van der Waals surface area contributed by atoms with Gasteiger partial charge in [-0.15, -0.1) is 0 Å². The van der Waals surface area contributed by atoms with Gasteiger partial charge in [0, 0.05) is 29.9 Å². The summed E-state index contributed by atoms with van der Waals surface area (Å²) in [6.45, 7) is 3.96. The van der Waals surface area contributed by atoms with Crippen LogP contribution in [0.25, 0.3) is 28.5 Å². The van der Waals surface area contributed by atoms with Crippen molar-refractivity contribution in [1.82, 2.24) is 14.5 Å². The van der Waals surface area contributed by atoms with Gasteiger partial charge in [0.05, 0.1) is 5.69 Å². The van der Waals surface area contributed by atoms with E-state index in [1.54, 1.807) is 25.0 Å². The SMILES string of the molecule is C=Cn1c(SCc2ccccc2)nc(-c2cc3ccccc3[nH]2)c1C(N)=NC. The molecular weight excluding hydrogens is 366 g/mol. The summed E-state index contributed by atoms with van der Waals surface area (Å²) in [4.78, 5) is 12.5. The number of rotatable bonds is 6. The molecule has 0 radical (unpaired) electrons. The van der Waals surface area contributed by atoms with E-state index in [4.69, 9.17) is 10.7 Å². The lowest BCUT2D eigenvalue weighted by atomic mass is 10.2. The molecule has 0 aliphatic carbocycles. The van der Waals surface area contributed by atoms with Crippen LogP contribution in [0.3, 0.4) is 0 Å². The fourth-order valence-corrected chi connectivity index (χ4v) is 4.09. The quantitative estimate of drug-likeness (QED) is 0.285. The van der Waals surface area contributed by atoms with Crippen molar-refractivity contribution in [2.75, 3.05) is 7.05 Å². The Labute approximate surface area is 168 Å². The standard InChI is InChI=1S/C22H21N5S/c1-3-27-20(21(23)24-2)19(18-13-16-11-7-8-12-17(16)25-18)26-22(27)28-14-15-9-5-4-6-10-15/h3-13,25H,1,14H2,2H3,(H2,23,24). The Morgan fingerprint density at radius 3 is 2.68 bits per heavy atom. The van der Waals surface area contributed by atoms with Crippen molar-refractivity contribution in [2.24, 2.45) is 10.7 Å². The maximum absolute atomic E-state index is 6.24. The zero-order valence-electron chi connectivity index (χ0n) is 15.6. The molecule has 4 aromatic rings. The molecule has 6 heteroatoms. The van der Waals surface area contributed by atoms with Crippen LogP contribution in [-0.2, 0) is 5.75 Å². The summed E-state index contributed by atoms with van der Waals surface area (Å²) in [5, 5.41) is 1.95. The smallest absolute Gasteiger partial charge is 0.173 e. The first-order valence-corrected chi connectivity index (χ1v) is 9.92. The molecule has 0 saturated heterocycles. The number of amidine groups is 1. The number of hydrogen-bond donors (Lipinski definition) is 2. The van der Waals surface area contributed by atoms with Crippen molar-refractivity contribution < 1.29 is 0 Å². The lowest BCUT2D eigenvalue weighted by Crippen LogP contribution is -2.17. The second kappa shape index (κ2) is 7.78. The fraction of sp³-hybridized carbons (Fsp3) is 0.0909. The molecule has 28 heavy (non-hydrogen) atoms. The van der Waals surface area contributed by atoms with Crippen molar-refractivity contribution in [3.8, 4) is 11.4 Å². The summed E-state index contributed by atoms with van der Waals surface area (Å²) in [6.07, 6.45) is 1.74. The Hall–Kier alpha value is -3.25. The van der Waals surface area contributed by atoms with Crippen LogP contribution >= 0.6 is 11.8 Å². The van der Waals surface area contributed by atoms with Gasteiger partial charge in [0.25, 0.3) is 0 Å². The molecule has 0 amide bonds. The number of thioether (sulfide) groups is 1. The molecule has 0 fully saturated rings. The molecule has 4 rings (SSSR count). The molecular formula is C22H21N5S. The van der Waals surface area contributed by atoms with Gasteiger partial charge in [-0.25, -0.2) is 4.98 Å². The maximum Gasteiger partial charge on any atom is 0.173 e. The van der Waals surface area contributed by atoms with Gasteiger partial charge in [0.15, 0.2) is 5.16 Å². The summed E-state index contributed by atoms with van der Waals surface area (Å²) in [5.74, 6) is 1.23. The third-order valence-corrected chi connectivity index (χ3v) is 5.56. The number of para-hydroxylation sites is 1. The largest absolute Gasteiger partial charge is 0.382 e. The van der Waals surface area contributed by atoms with E-state index >= 15 is 0 Å². The van der Waals surface area contributed by atoms with E-state index in [0.717, 1.165) is 38.9 Å². The van der Waals surface area contributed by atoms with E-state index in [1.165, 1.54) is 5.56 Å². The summed E-state index contributed by atoms with van der Waals surface area (Å²) in [6, 6.07) is 20.5. The fourth-order valence-electron chi connectivity index (χ4n) is 3.14. The first-order valence-electron chi connectivity index (χ1n) is 8.93.